The Morgan fingerprint density at radius 3 is 2.84 bits per heavy atom. The highest BCUT2D eigenvalue weighted by Crippen LogP contribution is 2.28. The van der Waals surface area contributed by atoms with Gasteiger partial charge in [-0.15, -0.1) is 10.2 Å². The smallest absolute Gasteiger partial charge is 0.369 e. The first-order valence-corrected chi connectivity index (χ1v) is 6.38. The number of hydrogen-bond acceptors (Lipinski definition) is 7. The average molecular weight is 285 g/mol. The molecular formula is C10H11N3O5S. The Balaban J connectivity index is 2.13. The molecule has 1 aliphatic rings. The van der Waals surface area contributed by atoms with Gasteiger partial charge in [-0.25, -0.2) is 4.79 Å². The lowest BCUT2D eigenvalue weighted by molar-refractivity contribution is -0.141. The fourth-order valence-corrected chi connectivity index (χ4v) is 2.42. The van der Waals surface area contributed by atoms with Crippen LogP contribution in [0.1, 0.15) is 23.1 Å². The Hall–Kier alpha value is -2.03. The van der Waals surface area contributed by atoms with E-state index in [1.54, 1.807) is 6.92 Å². The van der Waals surface area contributed by atoms with E-state index in [1.165, 1.54) is 4.90 Å². The van der Waals surface area contributed by atoms with Crippen LogP contribution in [-0.2, 0) is 14.3 Å². The third kappa shape index (κ3) is 2.70. The summed E-state index contributed by atoms with van der Waals surface area (Å²) in [6, 6.07) is 0. The van der Waals surface area contributed by atoms with Crippen LogP contribution in [0.2, 0.25) is 0 Å². The van der Waals surface area contributed by atoms with E-state index in [9.17, 15) is 14.4 Å². The van der Waals surface area contributed by atoms with E-state index in [0.717, 1.165) is 11.3 Å². The van der Waals surface area contributed by atoms with Crippen molar-refractivity contribution >= 4 is 34.3 Å². The summed E-state index contributed by atoms with van der Waals surface area (Å²) in [5, 5.41) is 16.5. The monoisotopic (exact) mass is 285 g/mol. The van der Waals surface area contributed by atoms with Gasteiger partial charge < -0.3 is 9.84 Å². The number of rotatable bonds is 4. The largest absolute Gasteiger partial charge is 0.481 e. The van der Waals surface area contributed by atoms with Crippen LogP contribution in [-0.4, -0.2) is 46.3 Å². The average Bonchev–Trinajstić information content (AvgIpc) is 2.95. The lowest BCUT2D eigenvalue weighted by atomic mass is 10.1. The Morgan fingerprint density at radius 1 is 1.53 bits per heavy atom. The molecule has 0 aliphatic carbocycles. The Bertz CT molecular complexity index is 529. The van der Waals surface area contributed by atoms with Crippen LogP contribution in [0, 0.1) is 5.92 Å². The summed E-state index contributed by atoms with van der Waals surface area (Å²) in [4.78, 5) is 35.2. The number of anilines is 1. The van der Waals surface area contributed by atoms with Gasteiger partial charge in [0, 0.05) is 13.0 Å². The molecule has 1 fully saturated rings. The molecule has 1 aromatic rings. The summed E-state index contributed by atoms with van der Waals surface area (Å²) in [6.07, 6.45) is -0.0658. The van der Waals surface area contributed by atoms with Gasteiger partial charge in [0.2, 0.25) is 16.0 Å². The minimum absolute atomic E-state index is 0.0448. The number of nitrogens with zero attached hydrogens (tertiary/aromatic N) is 3. The van der Waals surface area contributed by atoms with E-state index in [2.05, 4.69) is 10.2 Å². The quantitative estimate of drug-likeness (QED) is 0.784. The number of ether oxygens (including phenoxy) is 1. The summed E-state index contributed by atoms with van der Waals surface area (Å²) >= 11 is 0.911. The molecular weight excluding hydrogens is 274 g/mol. The van der Waals surface area contributed by atoms with Crippen molar-refractivity contribution in [2.24, 2.45) is 5.92 Å². The molecule has 1 aliphatic heterocycles. The van der Waals surface area contributed by atoms with Crippen molar-refractivity contribution in [1.82, 2.24) is 10.2 Å². The number of carbonyl (C=O) groups is 3. The van der Waals surface area contributed by atoms with Crippen molar-refractivity contribution in [2.75, 3.05) is 18.1 Å². The van der Waals surface area contributed by atoms with Crippen molar-refractivity contribution in [3.63, 3.8) is 0 Å². The van der Waals surface area contributed by atoms with Crippen molar-refractivity contribution in [3.8, 4) is 0 Å². The third-order valence-electron chi connectivity index (χ3n) is 2.57. The highest BCUT2D eigenvalue weighted by atomic mass is 32.1. The number of carboxylic acid groups (broad SMARTS) is 1. The van der Waals surface area contributed by atoms with Crippen molar-refractivity contribution in [1.29, 1.82) is 0 Å². The maximum atomic E-state index is 11.7. The normalized spacial score (nSPS) is 18.7. The molecule has 0 aromatic carbocycles. The number of aliphatic carboxylic acids is 1. The SMILES string of the molecule is CCOC(=O)c1nnc(N2CC(C(=O)O)CC2=O)s1. The maximum Gasteiger partial charge on any atom is 0.369 e. The molecule has 2 rings (SSSR count). The van der Waals surface area contributed by atoms with Gasteiger partial charge in [-0.2, -0.15) is 0 Å². The van der Waals surface area contributed by atoms with E-state index in [4.69, 9.17) is 9.84 Å². The summed E-state index contributed by atoms with van der Waals surface area (Å²) < 4.78 is 4.76. The fourth-order valence-electron chi connectivity index (χ4n) is 1.66. The van der Waals surface area contributed by atoms with Gasteiger partial charge >= 0.3 is 11.9 Å². The molecule has 1 atom stereocenters. The predicted molar refractivity (Wildman–Crippen MR) is 64.0 cm³/mol. The fraction of sp³-hybridized carbons (Fsp3) is 0.500. The molecule has 1 saturated heterocycles. The molecule has 19 heavy (non-hydrogen) atoms. The summed E-state index contributed by atoms with van der Waals surface area (Å²) in [5.74, 6) is -2.71. The van der Waals surface area contributed by atoms with Gasteiger partial charge in [0.25, 0.3) is 0 Å². The molecule has 8 nitrogen and oxygen atoms in total. The number of aromatic nitrogens is 2. The van der Waals surface area contributed by atoms with Gasteiger partial charge in [0.1, 0.15) is 0 Å². The van der Waals surface area contributed by atoms with E-state index >= 15 is 0 Å². The minimum Gasteiger partial charge on any atom is -0.481 e. The van der Waals surface area contributed by atoms with Crippen LogP contribution >= 0.6 is 11.3 Å². The zero-order chi connectivity index (χ0) is 14.0. The van der Waals surface area contributed by atoms with Crippen LogP contribution < -0.4 is 4.90 Å². The summed E-state index contributed by atoms with van der Waals surface area (Å²) in [7, 11) is 0. The van der Waals surface area contributed by atoms with Gasteiger partial charge in [0.05, 0.1) is 12.5 Å². The first-order chi connectivity index (χ1) is 9.02. The molecule has 0 radical (unpaired) electrons. The lowest BCUT2D eigenvalue weighted by Crippen LogP contribution is -2.25. The molecule has 9 heteroatoms. The Labute approximate surface area is 112 Å². The van der Waals surface area contributed by atoms with Crippen LogP contribution in [0.3, 0.4) is 0 Å². The van der Waals surface area contributed by atoms with E-state index < -0.39 is 17.9 Å². The topological polar surface area (TPSA) is 110 Å². The van der Waals surface area contributed by atoms with Gasteiger partial charge in [-0.05, 0) is 6.92 Å². The standard InChI is InChI=1S/C10H11N3O5S/c1-2-18-9(17)7-11-12-10(19-7)13-4-5(8(15)16)3-6(13)14/h5H,2-4H2,1H3,(H,15,16). The van der Waals surface area contributed by atoms with E-state index in [-0.39, 0.29) is 35.6 Å². The Morgan fingerprint density at radius 2 is 2.26 bits per heavy atom. The van der Waals surface area contributed by atoms with Gasteiger partial charge in [0.15, 0.2) is 0 Å². The number of esters is 1. The van der Waals surface area contributed by atoms with Crippen LogP contribution in [0.4, 0.5) is 5.13 Å². The number of amides is 1. The zero-order valence-corrected chi connectivity index (χ0v) is 10.8. The predicted octanol–water partition coefficient (Wildman–Crippen LogP) is 0.152. The zero-order valence-electron chi connectivity index (χ0n) is 10.0. The molecule has 0 saturated carbocycles. The van der Waals surface area contributed by atoms with E-state index in [1.807, 2.05) is 0 Å². The van der Waals surface area contributed by atoms with Crippen molar-refractivity contribution < 1.29 is 24.2 Å². The maximum absolute atomic E-state index is 11.7. The summed E-state index contributed by atoms with van der Waals surface area (Å²) in [6.45, 7) is 1.93. The third-order valence-corrected chi connectivity index (χ3v) is 3.50. The molecule has 0 bridgehead atoms. The molecule has 1 amide bonds. The number of carboxylic acids is 1. The van der Waals surface area contributed by atoms with Gasteiger partial charge in [-0.3, -0.25) is 14.5 Å². The van der Waals surface area contributed by atoms with Gasteiger partial charge in [-0.1, -0.05) is 11.3 Å². The van der Waals surface area contributed by atoms with Crippen molar-refractivity contribution in [2.45, 2.75) is 13.3 Å². The first-order valence-electron chi connectivity index (χ1n) is 5.56. The van der Waals surface area contributed by atoms with E-state index in [0.29, 0.717) is 0 Å². The number of hydrogen-bond donors (Lipinski definition) is 1. The minimum atomic E-state index is -1.02. The molecule has 1 aromatic heterocycles. The molecule has 1 unspecified atom stereocenters. The second kappa shape index (κ2) is 5.31. The van der Waals surface area contributed by atoms with Crippen LogP contribution in [0.5, 0.6) is 0 Å². The molecule has 2 heterocycles. The molecule has 0 spiro atoms. The first kappa shape index (κ1) is 13.4. The number of carbonyl (C=O) groups excluding carboxylic acids is 2. The Kier molecular flexibility index (Phi) is 3.74. The molecule has 102 valence electrons. The molecule has 1 N–H and O–H groups in total. The highest BCUT2D eigenvalue weighted by Gasteiger charge is 2.37. The highest BCUT2D eigenvalue weighted by molar-refractivity contribution is 7.17. The van der Waals surface area contributed by atoms with Crippen LogP contribution in [0.15, 0.2) is 0 Å². The second-order valence-corrected chi connectivity index (χ2v) is 4.81. The summed E-state index contributed by atoms with van der Waals surface area (Å²) in [5.41, 5.74) is 0. The van der Waals surface area contributed by atoms with Crippen LogP contribution in [0.25, 0.3) is 0 Å². The second-order valence-electron chi connectivity index (χ2n) is 3.85. The lowest BCUT2D eigenvalue weighted by Gasteiger charge is -2.10. The van der Waals surface area contributed by atoms with Crippen molar-refractivity contribution in [3.05, 3.63) is 5.01 Å².